The summed E-state index contributed by atoms with van der Waals surface area (Å²) in [6.07, 6.45) is 7.32. The van der Waals surface area contributed by atoms with Crippen LogP contribution in [0.4, 0.5) is 0 Å². The summed E-state index contributed by atoms with van der Waals surface area (Å²) in [6, 6.07) is 20.9. The van der Waals surface area contributed by atoms with Crippen LogP contribution in [0, 0.1) is 0 Å². The Bertz CT molecular complexity index is 901. The normalized spacial score (nSPS) is 16.8. The molecule has 1 heterocycles. The summed E-state index contributed by atoms with van der Waals surface area (Å²) in [5.41, 5.74) is 2.39. The Labute approximate surface area is 211 Å². The van der Waals surface area contributed by atoms with E-state index in [0.717, 1.165) is 45.3 Å². The highest BCUT2D eigenvalue weighted by molar-refractivity contribution is 6.27. The van der Waals surface area contributed by atoms with Crippen molar-refractivity contribution in [1.29, 1.82) is 0 Å². The SMILES string of the molecule is O=C(CCN1CCC(OC(c2ccccc2)c2ccccc2)CC1)OC1CCCC1.O=C(O)C(=O)O. The molecule has 1 aliphatic carbocycles. The molecule has 2 aliphatic rings. The van der Waals surface area contributed by atoms with Crippen LogP contribution in [-0.2, 0) is 23.9 Å². The Morgan fingerprint density at radius 2 is 1.28 bits per heavy atom. The van der Waals surface area contributed by atoms with Crippen molar-refractivity contribution in [3.8, 4) is 0 Å². The predicted molar refractivity (Wildman–Crippen MR) is 134 cm³/mol. The zero-order chi connectivity index (χ0) is 25.8. The number of rotatable bonds is 8. The van der Waals surface area contributed by atoms with Crippen LogP contribution in [0.3, 0.4) is 0 Å². The van der Waals surface area contributed by atoms with Crippen LogP contribution in [-0.4, -0.2) is 64.9 Å². The summed E-state index contributed by atoms with van der Waals surface area (Å²) in [7, 11) is 0. The number of piperidine rings is 1. The third-order valence-corrected chi connectivity index (χ3v) is 6.48. The smallest absolute Gasteiger partial charge is 0.414 e. The highest BCUT2D eigenvalue weighted by Crippen LogP contribution is 2.30. The van der Waals surface area contributed by atoms with Crippen molar-refractivity contribution in [2.24, 2.45) is 0 Å². The highest BCUT2D eigenvalue weighted by atomic mass is 16.5. The summed E-state index contributed by atoms with van der Waals surface area (Å²) in [5, 5.41) is 14.8. The average Bonchev–Trinajstić information content (AvgIpc) is 3.41. The topological polar surface area (TPSA) is 113 Å². The molecule has 0 radical (unpaired) electrons. The third kappa shape index (κ3) is 9.09. The number of carbonyl (C=O) groups is 3. The Morgan fingerprint density at radius 3 is 1.75 bits per heavy atom. The summed E-state index contributed by atoms with van der Waals surface area (Å²) in [4.78, 5) is 32.7. The number of hydrogen-bond acceptors (Lipinski definition) is 6. The molecule has 2 fully saturated rings. The van der Waals surface area contributed by atoms with E-state index in [4.69, 9.17) is 29.3 Å². The maximum atomic E-state index is 12.1. The lowest BCUT2D eigenvalue weighted by atomic mass is 10.00. The Kier molecular flexibility index (Phi) is 10.9. The first-order valence-electron chi connectivity index (χ1n) is 12.6. The molecule has 0 atom stereocenters. The van der Waals surface area contributed by atoms with E-state index in [1.807, 2.05) is 12.1 Å². The number of nitrogens with zero attached hydrogens (tertiary/aromatic N) is 1. The van der Waals surface area contributed by atoms with Gasteiger partial charge in [-0.2, -0.15) is 0 Å². The quantitative estimate of drug-likeness (QED) is 0.410. The van der Waals surface area contributed by atoms with E-state index in [1.54, 1.807) is 0 Å². The summed E-state index contributed by atoms with van der Waals surface area (Å²) in [5.74, 6) is -3.68. The second-order valence-electron chi connectivity index (χ2n) is 9.14. The van der Waals surface area contributed by atoms with Crippen molar-refractivity contribution in [2.75, 3.05) is 19.6 Å². The number of carbonyl (C=O) groups excluding carboxylic acids is 1. The molecule has 0 spiro atoms. The van der Waals surface area contributed by atoms with Gasteiger partial charge in [-0.05, 0) is 49.7 Å². The summed E-state index contributed by atoms with van der Waals surface area (Å²) >= 11 is 0. The van der Waals surface area contributed by atoms with E-state index in [2.05, 4.69) is 53.4 Å². The first kappa shape index (κ1) is 27.4. The number of esters is 1. The third-order valence-electron chi connectivity index (χ3n) is 6.48. The van der Waals surface area contributed by atoms with Crippen LogP contribution in [0.1, 0.15) is 62.2 Å². The molecule has 2 N–H and O–H groups in total. The van der Waals surface area contributed by atoms with Gasteiger partial charge >= 0.3 is 17.9 Å². The minimum absolute atomic E-state index is 0.0338. The molecular formula is C28H35NO7. The van der Waals surface area contributed by atoms with E-state index >= 15 is 0 Å². The standard InChI is InChI=1S/C26H33NO3.C2H2O4/c28-25(29-23-13-7-8-14-23)17-20-27-18-15-24(16-19-27)30-26(21-9-3-1-4-10-21)22-11-5-2-6-12-22;3-1(4)2(5)6/h1-6,9-12,23-24,26H,7-8,13-20H2;(H,3,4)(H,5,6). The van der Waals surface area contributed by atoms with E-state index in [1.165, 1.54) is 24.0 Å². The van der Waals surface area contributed by atoms with E-state index < -0.39 is 11.9 Å². The number of carboxylic acids is 2. The van der Waals surface area contributed by atoms with Gasteiger partial charge in [0.05, 0.1) is 12.5 Å². The number of aliphatic carboxylic acids is 2. The van der Waals surface area contributed by atoms with Crippen molar-refractivity contribution in [2.45, 2.75) is 63.3 Å². The molecule has 0 amide bonds. The molecule has 1 saturated heterocycles. The lowest BCUT2D eigenvalue weighted by Crippen LogP contribution is -2.38. The molecule has 2 aromatic rings. The first-order valence-corrected chi connectivity index (χ1v) is 12.6. The lowest BCUT2D eigenvalue weighted by molar-refractivity contribution is -0.159. The molecule has 2 aromatic carbocycles. The van der Waals surface area contributed by atoms with E-state index in [0.29, 0.717) is 6.42 Å². The van der Waals surface area contributed by atoms with Crippen molar-refractivity contribution < 1.29 is 34.1 Å². The van der Waals surface area contributed by atoms with Gasteiger partial charge in [0.15, 0.2) is 0 Å². The van der Waals surface area contributed by atoms with Gasteiger partial charge in [0, 0.05) is 19.6 Å². The maximum absolute atomic E-state index is 12.1. The maximum Gasteiger partial charge on any atom is 0.414 e. The number of ether oxygens (including phenoxy) is 2. The van der Waals surface area contributed by atoms with Crippen molar-refractivity contribution >= 4 is 17.9 Å². The van der Waals surface area contributed by atoms with Crippen LogP contribution < -0.4 is 0 Å². The molecule has 8 nitrogen and oxygen atoms in total. The fourth-order valence-electron chi connectivity index (χ4n) is 4.57. The molecule has 0 unspecified atom stereocenters. The Morgan fingerprint density at radius 1 is 0.778 bits per heavy atom. The van der Waals surface area contributed by atoms with Crippen molar-refractivity contribution in [3.63, 3.8) is 0 Å². The van der Waals surface area contributed by atoms with E-state index in [-0.39, 0.29) is 24.3 Å². The van der Waals surface area contributed by atoms with Gasteiger partial charge in [-0.1, -0.05) is 60.7 Å². The van der Waals surface area contributed by atoms with E-state index in [9.17, 15) is 4.79 Å². The molecule has 36 heavy (non-hydrogen) atoms. The number of hydrogen-bond donors (Lipinski definition) is 2. The van der Waals surface area contributed by atoms with Gasteiger partial charge < -0.3 is 24.6 Å². The van der Waals surface area contributed by atoms with Crippen LogP contribution in [0.15, 0.2) is 60.7 Å². The number of likely N-dealkylation sites (tertiary alicyclic amines) is 1. The monoisotopic (exact) mass is 497 g/mol. The van der Waals surface area contributed by atoms with Crippen LogP contribution >= 0.6 is 0 Å². The molecule has 1 aliphatic heterocycles. The zero-order valence-electron chi connectivity index (χ0n) is 20.5. The van der Waals surface area contributed by atoms with Gasteiger partial charge in [-0.25, -0.2) is 9.59 Å². The van der Waals surface area contributed by atoms with Crippen molar-refractivity contribution in [1.82, 2.24) is 4.90 Å². The zero-order valence-corrected chi connectivity index (χ0v) is 20.5. The van der Waals surface area contributed by atoms with Crippen LogP contribution in [0.2, 0.25) is 0 Å². The summed E-state index contributed by atoms with van der Waals surface area (Å²) in [6.45, 7) is 2.73. The Hall–Kier alpha value is -3.23. The minimum Gasteiger partial charge on any atom is -0.473 e. The van der Waals surface area contributed by atoms with Gasteiger partial charge in [0.1, 0.15) is 12.2 Å². The Balaban J connectivity index is 0.000000538. The largest absolute Gasteiger partial charge is 0.473 e. The highest BCUT2D eigenvalue weighted by Gasteiger charge is 2.25. The lowest BCUT2D eigenvalue weighted by Gasteiger charge is -2.34. The average molecular weight is 498 g/mol. The molecule has 4 rings (SSSR count). The van der Waals surface area contributed by atoms with Crippen LogP contribution in [0.25, 0.3) is 0 Å². The van der Waals surface area contributed by atoms with Gasteiger partial charge in [-0.15, -0.1) is 0 Å². The fraction of sp³-hybridized carbons (Fsp3) is 0.464. The van der Waals surface area contributed by atoms with Gasteiger partial charge in [-0.3, -0.25) is 4.79 Å². The molecule has 0 aromatic heterocycles. The number of benzene rings is 2. The fourth-order valence-corrected chi connectivity index (χ4v) is 4.57. The van der Waals surface area contributed by atoms with Crippen molar-refractivity contribution in [3.05, 3.63) is 71.8 Å². The minimum atomic E-state index is -1.82. The number of carboxylic acid groups (broad SMARTS) is 2. The molecule has 1 saturated carbocycles. The van der Waals surface area contributed by atoms with Gasteiger partial charge in [0.2, 0.25) is 0 Å². The van der Waals surface area contributed by atoms with Gasteiger partial charge in [0.25, 0.3) is 0 Å². The molecule has 0 bridgehead atoms. The molecule has 8 heteroatoms. The second kappa shape index (κ2) is 14.4. The predicted octanol–water partition coefficient (Wildman–Crippen LogP) is 4.29. The summed E-state index contributed by atoms with van der Waals surface area (Å²) < 4.78 is 12.2. The first-order chi connectivity index (χ1) is 17.4. The van der Waals surface area contributed by atoms with Crippen LogP contribution in [0.5, 0.6) is 0 Å². The molecular weight excluding hydrogens is 462 g/mol. The molecule has 194 valence electrons. The second-order valence-corrected chi connectivity index (χ2v) is 9.14.